The predicted octanol–water partition coefficient (Wildman–Crippen LogP) is 3.62. The van der Waals surface area contributed by atoms with Crippen LogP contribution in [0.2, 0.25) is 0 Å². The second-order valence-corrected chi connectivity index (χ2v) is 7.46. The van der Waals surface area contributed by atoms with Gasteiger partial charge in [0.15, 0.2) is 5.96 Å². The van der Waals surface area contributed by atoms with Gasteiger partial charge in [-0.2, -0.15) is 0 Å². The molecule has 0 spiro atoms. The zero-order valence-electron chi connectivity index (χ0n) is 15.7. The molecule has 0 amide bonds. The van der Waals surface area contributed by atoms with Crippen molar-refractivity contribution in [1.29, 1.82) is 0 Å². The van der Waals surface area contributed by atoms with Crippen LogP contribution < -0.4 is 10.6 Å². The van der Waals surface area contributed by atoms with E-state index >= 15 is 0 Å². The van der Waals surface area contributed by atoms with Crippen LogP contribution >= 0.6 is 24.0 Å². The number of nitrogens with zero attached hydrogens (tertiary/aromatic N) is 2. The van der Waals surface area contributed by atoms with E-state index in [1.807, 2.05) is 0 Å². The highest BCUT2D eigenvalue weighted by Crippen LogP contribution is 2.29. The van der Waals surface area contributed by atoms with Gasteiger partial charge in [0, 0.05) is 37.8 Å². The van der Waals surface area contributed by atoms with Crippen LogP contribution in [0.15, 0.2) is 35.3 Å². The van der Waals surface area contributed by atoms with Gasteiger partial charge in [-0.25, -0.2) is 0 Å². The lowest BCUT2D eigenvalue weighted by molar-refractivity contribution is 0.134. The van der Waals surface area contributed by atoms with Crippen LogP contribution in [-0.4, -0.2) is 42.1 Å². The van der Waals surface area contributed by atoms with Gasteiger partial charge >= 0.3 is 0 Å². The molecule has 2 fully saturated rings. The van der Waals surface area contributed by atoms with E-state index in [4.69, 9.17) is 0 Å². The molecule has 1 aromatic carbocycles. The third-order valence-corrected chi connectivity index (χ3v) is 5.33. The van der Waals surface area contributed by atoms with Crippen molar-refractivity contribution in [2.45, 2.75) is 64.7 Å². The lowest BCUT2D eigenvalue weighted by atomic mass is 9.97. The van der Waals surface area contributed by atoms with Gasteiger partial charge in [-0.05, 0) is 44.6 Å². The first kappa shape index (κ1) is 20.5. The van der Waals surface area contributed by atoms with Crippen LogP contribution in [0, 0.1) is 5.92 Å². The summed E-state index contributed by atoms with van der Waals surface area (Å²) in [6.07, 6.45) is 3.63. The second kappa shape index (κ2) is 9.76. The van der Waals surface area contributed by atoms with E-state index in [-0.39, 0.29) is 24.0 Å². The normalized spacial score (nSPS) is 29.6. The van der Waals surface area contributed by atoms with E-state index in [1.54, 1.807) is 0 Å². The van der Waals surface area contributed by atoms with Gasteiger partial charge in [0.1, 0.15) is 0 Å². The van der Waals surface area contributed by atoms with Crippen LogP contribution in [0.3, 0.4) is 0 Å². The van der Waals surface area contributed by atoms with Gasteiger partial charge in [-0.3, -0.25) is 9.89 Å². The maximum Gasteiger partial charge on any atom is 0.191 e. The molecule has 1 saturated heterocycles. The van der Waals surface area contributed by atoms with Crippen molar-refractivity contribution in [3.63, 3.8) is 0 Å². The molecule has 4 unspecified atom stereocenters. The molecule has 0 aromatic heterocycles. The summed E-state index contributed by atoms with van der Waals surface area (Å²) in [7, 11) is 0. The van der Waals surface area contributed by atoms with Gasteiger partial charge in [-0.1, -0.05) is 37.3 Å². The maximum absolute atomic E-state index is 4.63. The van der Waals surface area contributed by atoms with E-state index in [2.05, 4.69) is 71.6 Å². The molecule has 4 atom stereocenters. The molecular formula is C20H33IN4. The molecule has 2 aliphatic rings. The van der Waals surface area contributed by atoms with Crippen LogP contribution in [-0.2, 0) is 6.54 Å². The third-order valence-electron chi connectivity index (χ3n) is 5.33. The fourth-order valence-corrected chi connectivity index (χ4v) is 3.59. The van der Waals surface area contributed by atoms with Crippen molar-refractivity contribution in [3.8, 4) is 0 Å². The van der Waals surface area contributed by atoms with Crippen molar-refractivity contribution in [2.75, 3.05) is 13.1 Å². The fourth-order valence-electron chi connectivity index (χ4n) is 3.59. The first-order valence-corrected chi connectivity index (χ1v) is 9.51. The average Bonchev–Trinajstić information content (AvgIpc) is 3.26. The number of guanidine groups is 1. The molecule has 1 aliphatic heterocycles. The summed E-state index contributed by atoms with van der Waals surface area (Å²) in [5.74, 6) is 1.81. The number of hydrogen-bond donors (Lipinski definition) is 2. The number of aliphatic imine (C=N–C) groups is 1. The van der Waals surface area contributed by atoms with Gasteiger partial charge < -0.3 is 10.6 Å². The van der Waals surface area contributed by atoms with Crippen molar-refractivity contribution in [3.05, 3.63) is 35.9 Å². The Labute approximate surface area is 169 Å². The average molecular weight is 456 g/mol. The SMILES string of the molecule is CCN=C(NC1CCN(Cc2ccccc2)C(C)C1)NC1CC1C.I. The highest BCUT2D eigenvalue weighted by molar-refractivity contribution is 14.0. The highest BCUT2D eigenvalue weighted by Gasteiger charge is 2.34. The monoisotopic (exact) mass is 456 g/mol. The topological polar surface area (TPSA) is 39.7 Å². The van der Waals surface area contributed by atoms with E-state index in [1.165, 1.54) is 24.8 Å². The van der Waals surface area contributed by atoms with Gasteiger partial charge in [0.05, 0.1) is 0 Å². The summed E-state index contributed by atoms with van der Waals surface area (Å²) in [6, 6.07) is 12.5. The second-order valence-electron chi connectivity index (χ2n) is 7.46. The number of hydrogen-bond acceptors (Lipinski definition) is 2. The van der Waals surface area contributed by atoms with E-state index < -0.39 is 0 Å². The van der Waals surface area contributed by atoms with Gasteiger partial charge in [-0.15, -0.1) is 24.0 Å². The van der Waals surface area contributed by atoms with Crippen molar-refractivity contribution >= 4 is 29.9 Å². The molecule has 1 aromatic rings. The minimum Gasteiger partial charge on any atom is -0.354 e. The van der Waals surface area contributed by atoms with Gasteiger partial charge in [0.2, 0.25) is 0 Å². The number of halogens is 1. The van der Waals surface area contributed by atoms with Gasteiger partial charge in [0.25, 0.3) is 0 Å². The zero-order chi connectivity index (χ0) is 16.9. The molecule has 3 rings (SSSR count). The minimum atomic E-state index is 0. The molecule has 1 aliphatic carbocycles. The van der Waals surface area contributed by atoms with Crippen LogP contribution in [0.4, 0.5) is 0 Å². The van der Waals surface area contributed by atoms with Crippen molar-refractivity contribution in [2.24, 2.45) is 10.9 Å². The van der Waals surface area contributed by atoms with Crippen LogP contribution in [0.25, 0.3) is 0 Å². The molecular weight excluding hydrogens is 423 g/mol. The smallest absolute Gasteiger partial charge is 0.191 e. The van der Waals surface area contributed by atoms with Crippen molar-refractivity contribution in [1.82, 2.24) is 15.5 Å². The Morgan fingerprint density at radius 3 is 2.48 bits per heavy atom. The largest absolute Gasteiger partial charge is 0.354 e. The Hall–Kier alpha value is -0.820. The Morgan fingerprint density at radius 2 is 1.88 bits per heavy atom. The standard InChI is InChI=1S/C20H32N4.HI/c1-4-21-20(23-19-12-15(19)2)22-18-10-11-24(16(3)13-18)14-17-8-6-5-7-9-17;/h5-9,15-16,18-19H,4,10-14H2,1-3H3,(H2,21,22,23);1H. The maximum atomic E-state index is 4.63. The number of rotatable bonds is 5. The Balaban J connectivity index is 0.00000225. The first-order chi connectivity index (χ1) is 11.7. The first-order valence-electron chi connectivity index (χ1n) is 9.51. The lowest BCUT2D eigenvalue weighted by Gasteiger charge is -2.38. The number of benzene rings is 1. The Bertz CT molecular complexity index is 548. The number of likely N-dealkylation sites (tertiary alicyclic amines) is 1. The fraction of sp³-hybridized carbons (Fsp3) is 0.650. The molecule has 1 saturated carbocycles. The van der Waals surface area contributed by atoms with E-state index in [9.17, 15) is 0 Å². The quantitative estimate of drug-likeness (QED) is 0.404. The molecule has 0 radical (unpaired) electrons. The lowest BCUT2D eigenvalue weighted by Crippen LogP contribution is -2.51. The Kier molecular flexibility index (Phi) is 8.00. The summed E-state index contributed by atoms with van der Waals surface area (Å²) in [5.41, 5.74) is 1.41. The zero-order valence-corrected chi connectivity index (χ0v) is 18.1. The highest BCUT2D eigenvalue weighted by atomic mass is 127. The summed E-state index contributed by atoms with van der Waals surface area (Å²) >= 11 is 0. The summed E-state index contributed by atoms with van der Waals surface area (Å²) in [6.45, 7) is 9.79. The molecule has 2 N–H and O–H groups in total. The minimum absolute atomic E-state index is 0. The summed E-state index contributed by atoms with van der Waals surface area (Å²) in [4.78, 5) is 7.22. The summed E-state index contributed by atoms with van der Waals surface area (Å²) < 4.78 is 0. The molecule has 25 heavy (non-hydrogen) atoms. The Morgan fingerprint density at radius 1 is 1.16 bits per heavy atom. The van der Waals surface area contributed by atoms with E-state index in [0.717, 1.165) is 31.5 Å². The molecule has 5 heteroatoms. The predicted molar refractivity (Wildman–Crippen MR) is 117 cm³/mol. The van der Waals surface area contributed by atoms with Crippen LogP contribution in [0.1, 0.15) is 45.6 Å². The van der Waals surface area contributed by atoms with Crippen LogP contribution in [0.5, 0.6) is 0 Å². The number of nitrogens with one attached hydrogen (secondary N) is 2. The molecule has 1 heterocycles. The summed E-state index contributed by atoms with van der Waals surface area (Å²) in [5, 5.41) is 7.26. The number of piperidine rings is 1. The third kappa shape index (κ3) is 6.13. The molecule has 140 valence electrons. The molecule has 4 nitrogen and oxygen atoms in total. The molecule has 0 bridgehead atoms. The van der Waals surface area contributed by atoms with E-state index in [0.29, 0.717) is 18.1 Å². The van der Waals surface area contributed by atoms with Crippen molar-refractivity contribution < 1.29 is 0 Å².